The van der Waals surface area contributed by atoms with Crippen LogP contribution in [-0.4, -0.2) is 6.54 Å². The van der Waals surface area contributed by atoms with E-state index < -0.39 is 0 Å². The lowest BCUT2D eigenvalue weighted by Gasteiger charge is -2.12. The molecule has 20 heavy (non-hydrogen) atoms. The highest BCUT2D eigenvalue weighted by Crippen LogP contribution is 2.32. The fourth-order valence-corrected chi connectivity index (χ4v) is 2.89. The van der Waals surface area contributed by atoms with Gasteiger partial charge in [-0.25, -0.2) is 0 Å². The Labute approximate surface area is 124 Å². The molecule has 0 saturated carbocycles. The van der Waals surface area contributed by atoms with E-state index in [-0.39, 0.29) is 0 Å². The van der Waals surface area contributed by atoms with E-state index in [1.54, 1.807) is 0 Å². The molecule has 0 fully saturated rings. The van der Waals surface area contributed by atoms with Crippen LogP contribution in [0.25, 0.3) is 0 Å². The zero-order valence-corrected chi connectivity index (χ0v) is 12.1. The van der Waals surface area contributed by atoms with Crippen molar-refractivity contribution in [2.75, 3.05) is 6.54 Å². The van der Waals surface area contributed by atoms with E-state index in [1.165, 1.54) is 24.0 Å². The third kappa shape index (κ3) is 2.82. The smallest absolute Gasteiger partial charge is 0.132 e. The predicted molar refractivity (Wildman–Crippen MR) is 82.8 cm³/mol. The van der Waals surface area contributed by atoms with E-state index in [9.17, 15) is 0 Å². The minimum Gasteiger partial charge on any atom is -0.457 e. The lowest BCUT2D eigenvalue weighted by Crippen LogP contribution is -2.04. The molecule has 2 N–H and O–H groups in total. The second kappa shape index (κ2) is 5.86. The second-order valence-corrected chi connectivity index (χ2v) is 5.61. The second-order valence-electron chi connectivity index (χ2n) is 5.18. The van der Waals surface area contributed by atoms with Crippen LogP contribution in [0.15, 0.2) is 36.4 Å². The van der Waals surface area contributed by atoms with Crippen molar-refractivity contribution in [3.63, 3.8) is 0 Å². The van der Waals surface area contributed by atoms with Crippen LogP contribution in [0.1, 0.15) is 23.1 Å². The summed E-state index contributed by atoms with van der Waals surface area (Å²) in [5, 5.41) is 0.682. The number of nitrogens with two attached hydrogens (primary N) is 1. The van der Waals surface area contributed by atoms with Gasteiger partial charge in [-0.05, 0) is 73.2 Å². The van der Waals surface area contributed by atoms with Crippen molar-refractivity contribution in [2.24, 2.45) is 5.73 Å². The highest BCUT2D eigenvalue weighted by molar-refractivity contribution is 6.30. The van der Waals surface area contributed by atoms with Gasteiger partial charge in [0.15, 0.2) is 0 Å². The number of benzene rings is 2. The van der Waals surface area contributed by atoms with Gasteiger partial charge in [-0.1, -0.05) is 23.7 Å². The van der Waals surface area contributed by atoms with Gasteiger partial charge in [-0.15, -0.1) is 0 Å². The summed E-state index contributed by atoms with van der Waals surface area (Å²) in [4.78, 5) is 0. The Hall–Kier alpha value is -1.51. The molecule has 0 aliphatic heterocycles. The molecule has 0 heterocycles. The van der Waals surface area contributed by atoms with Gasteiger partial charge >= 0.3 is 0 Å². The van der Waals surface area contributed by atoms with Gasteiger partial charge < -0.3 is 10.5 Å². The molecule has 3 heteroatoms. The maximum absolute atomic E-state index is 6.07. The Morgan fingerprint density at radius 2 is 1.90 bits per heavy atom. The minimum atomic E-state index is 0.599. The van der Waals surface area contributed by atoms with Crippen LogP contribution >= 0.6 is 11.6 Å². The fraction of sp³-hybridized carbons (Fsp3) is 0.294. The van der Waals surface area contributed by atoms with Crippen LogP contribution in [0.4, 0.5) is 0 Å². The van der Waals surface area contributed by atoms with Crippen molar-refractivity contribution in [3.05, 3.63) is 58.1 Å². The SMILES string of the molecule is NCCc1ccc(Cl)cc1Oc1ccc2c(c1)CCC2. The van der Waals surface area contributed by atoms with Crippen LogP contribution in [0, 0.1) is 0 Å². The highest BCUT2D eigenvalue weighted by atomic mass is 35.5. The van der Waals surface area contributed by atoms with Gasteiger partial charge in [0.1, 0.15) is 11.5 Å². The largest absolute Gasteiger partial charge is 0.457 e. The molecule has 0 atom stereocenters. The summed E-state index contributed by atoms with van der Waals surface area (Å²) in [6.45, 7) is 0.599. The summed E-state index contributed by atoms with van der Waals surface area (Å²) in [6.07, 6.45) is 4.37. The number of rotatable bonds is 4. The maximum Gasteiger partial charge on any atom is 0.132 e. The van der Waals surface area contributed by atoms with E-state index in [0.717, 1.165) is 29.9 Å². The van der Waals surface area contributed by atoms with Crippen molar-refractivity contribution in [3.8, 4) is 11.5 Å². The number of ether oxygens (including phenoxy) is 1. The highest BCUT2D eigenvalue weighted by Gasteiger charge is 2.12. The topological polar surface area (TPSA) is 35.2 Å². The average molecular weight is 288 g/mol. The lowest BCUT2D eigenvalue weighted by atomic mass is 10.1. The molecule has 0 radical (unpaired) electrons. The summed E-state index contributed by atoms with van der Waals surface area (Å²) in [5.41, 5.74) is 9.60. The van der Waals surface area contributed by atoms with Crippen LogP contribution in [0.2, 0.25) is 5.02 Å². The molecule has 1 aliphatic rings. The van der Waals surface area contributed by atoms with Crippen LogP contribution in [0.5, 0.6) is 11.5 Å². The molecule has 3 rings (SSSR count). The zero-order valence-electron chi connectivity index (χ0n) is 11.4. The zero-order chi connectivity index (χ0) is 13.9. The molecular formula is C17H18ClNO. The molecule has 0 saturated heterocycles. The molecule has 1 aliphatic carbocycles. The summed E-state index contributed by atoms with van der Waals surface area (Å²) in [7, 11) is 0. The lowest BCUT2D eigenvalue weighted by molar-refractivity contribution is 0.475. The predicted octanol–water partition coefficient (Wildman–Crippen LogP) is 4.12. The van der Waals surface area contributed by atoms with Crippen molar-refractivity contribution in [2.45, 2.75) is 25.7 Å². The van der Waals surface area contributed by atoms with Crippen LogP contribution in [0.3, 0.4) is 0 Å². The minimum absolute atomic E-state index is 0.599. The first-order valence-electron chi connectivity index (χ1n) is 7.04. The molecule has 0 amide bonds. The molecule has 104 valence electrons. The van der Waals surface area contributed by atoms with Crippen molar-refractivity contribution < 1.29 is 4.74 Å². The van der Waals surface area contributed by atoms with Crippen molar-refractivity contribution in [1.29, 1.82) is 0 Å². The van der Waals surface area contributed by atoms with Crippen LogP contribution in [-0.2, 0) is 19.3 Å². The normalized spacial score (nSPS) is 13.3. The quantitative estimate of drug-likeness (QED) is 0.918. The first-order valence-corrected chi connectivity index (χ1v) is 7.42. The third-order valence-electron chi connectivity index (χ3n) is 3.74. The monoisotopic (exact) mass is 287 g/mol. The molecule has 2 aromatic rings. The van der Waals surface area contributed by atoms with E-state index in [4.69, 9.17) is 22.1 Å². The van der Waals surface area contributed by atoms with Crippen LogP contribution < -0.4 is 10.5 Å². The third-order valence-corrected chi connectivity index (χ3v) is 3.98. The number of hydrogen-bond donors (Lipinski definition) is 1. The fourth-order valence-electron chi connectivity index (χ4n) is 2.72. The summed E-state index contributed by atoms with van der Waals surface area (Å²) in [6, 6.07) is 12.1. The molecule has 0 aromatic heterocycles. The number of fused-ring (bicyclic) bond motifs is 1. The number of halogens is 1. The molecule has 2 aromatic carbocycles. The van der Waals surface area contributed by atoms with E-state index in [2.05, 4.69) is 12.1 Å². The van der Waals surface area contributed by atoms with Gasteiger partial charge in [0.05, 0.1) is 0 Å². The van der Waals surface area contributed by atoms with E-state index in [1.807, 2.05) is 24.3 Å². The van der Waals surface area contributed by atoms with Gasteiger partial charge in [-0.3, -0.25) is 0 Å². The molecule has 2 nitrogen and oxygen atoms in total. The molecule has 0 spiro atoms. The molecule has 0 bridgehead atoms. The Kier molecular flexibility index (Phi) is 3.95. The Bertz CT molecular complexity index is 624. The summed E-state index contributed by atoms with van der Waals surface area (Å²) >= 11 is 6.07. The van der Waals surface area contributed by atoms with Gasteiger partial charge in [0.25, 0.3) is 0 Å². The van der Waals surface area contributed by atoms with E-state index in [0.29, 0.717) is 11.6 Å². The summed E-state index contributed by atoms with van der Waals surface area (Å²) in [5.74, 6) is 1.69. The Morgan fingerprint density at radius 1 is 1.05 bits per heavy atom. The molecular weight excluding hydrogens is 270 g/mol. The Morgan fingerprint density at radius 3 is 2.75 bits per heavy atom. The molecule has 0 unspecified atom stereocenters. The summed E-state index contributed by atoms with van der Waals surface area (Å²) < 4.78 is 6.03. The van der Waals surface area contributed by atoms with Gasteiger partial charge in [0.2, 0.25) is 0 Å². The number of aryl methyl sites for hydroxylation is 2. The average Bonchev–Trinajstić information content (AvgIpc) is 2.89. The Balaban J connectivity index is 1.88. The first-order chi connectivity index (χ1) is 9.76. The van der Waals surface area contributed by atoms with Gasteiger partial charge in [0, 0.05) is 5.02 Å². The van der Waals surface area contributed by atoms with E-state index >= 15 is 0 Å². The van der Waals surface area contributed by atoms with Crippen molar-refractivity contribution >= 4 is 11.6 Å². The number of hydrogen-bond acceptors (Lipinski definition) is 2. The first kappa shape index (κ1) is 13.5. The maximum atomic E-state index is 6.07. The van der Waals surface area contributed by atoms with Crippen molar-refractivity contribution in [1.82, 2.24) is 0 Å². The standard InChI is InChI=1S/C17H18ClNO/c18-15-6-4-13(8-9-19)17(11-15)20-16-7-5-12-2-1-3-14(12)10-16/h4-7,10-11H,1-3,8-9,19H2. The van der Waals surface area contributed by atoms with Gasteiger partial charge in [-0.2, -0.15) is 0 Å².